The zero-order valence-electron chi connectivity index (χ0n) is 12.0. The summed E-state index contributed by atoms with van der Waals surface area (Å²) >= 11 is 3.75. The Kier molecular flexibility index (Phi) is 5.52. The van der Waals surface area contributed by atoms with Crippen molar-refractivity contribution >= 4 is 15.9 Å². The van der Waals surface area contributed by atoms with Crippen LogP contribution in [-0.2, 0) is 4.74 Å². The van der Waals surface area contributed by atoms with Crippen molar-refractivity contribution in [2.24, 2.45) is 11.3 Å². The van der Waals surface area contributed by atoms with Crippen molar-refractivity contribution < 1.29 is 4.74 Å². The molecular formula is C15H28BrNO. The van der Waals surface area contributed by atoms with E-state index in [2.05, 4.69) is 34.8 Å². The molecule has 106 valence electrons. The summed E-state index contributed by atoms with van der Waals surface area (Å²) in [4.78, 5) is 2.64. The molecule has 0 aromatic rings. The maximum Gasteiger partial charge on any atom is 0.0472 e. The van der Waals surface area contributed by atoms with E-state index in [1.165, 1.54) is 45.1 Å². The van der Waals surface area contributed by atoms with Gasteiger partial charge in [-0.25, -0.2) is 0 Å². The lowest BCUT2D eigenvalue weighted by Gasteiger charge is -2.43. The minimum absolute atomic E-state index is 0.452. The summed E-state index contributed by atoms with van der Waals surface area (Å²) in [6.07, 6.45) is 8.07. The Balaban J connectivity index is 1.89. The van der Waals surface area contributed by atoms with Crippen molar-refractivity contribution in [3.63, 3.8) is 0 Å². The standard InChI is InChI=1S/C15H28BrNO/c1-13-4-3-5-14(10-13)17(2)12-15(11-16)6-8-18-9-7-15/h13-14H,3-12H2,1-2H3. The molecular weight excluding hydrogens is 290 g/mol. The highest BCUT2D eigenvalue weighted by atomic mass is 79.9. The average molecular weight is 318 g/mol. The van der Waals surface area contributed by atoms with Crippen LogP contribution in [-0.4, -0.2) is 43.1 Å². The van der Waals surface area contributed by atoms with Gasteiger partial charge in [0, 0.05) is 31.1 Å². The van der Waals surface area contributed by atoms with E-state index in [-0.39, 0.29) is 0 Å². The van der Waals surface area contributed by atoms with Crippen molar-refractivity contribution in [2.45, 2.75) is 51.5 Å². The highest BCUT2D eigenvalue weighted by Gasteiger charge is 2.34. The molecule has 0 bridgehead atoms. The molecule has 1 aliphatic carbocycles. The minimum Gasteiger partial charge on any atom is -0.381 e. The van der Waals surface area contributed by atoms with E-state index in [0.29, 0.717) is 5.41 Å². The maximum absolute atomic E-state index is 5.53. The van der Waals surface area contributed by atoms with Gasteiger partial charge >= 0.3 is 0 Å². The summed E-state index contributed by atoms with van der Waals surface area (Å²) in [6.45, 7) is 5.54. The normalized spacial score (nSPS) is 32.7. The third-order valence-electron chi connectivity index (χ3n) is 4.95. The summed E-state index contributed by atoms with van der Waals surface area (Å²) in [5.41, 5.74) is 0.452. The molecule has 0 radical (unpaired) electrons. The van der Waals surface area contributed by atoms with Gasteiger partial charge in [0.25, 0.3) is 0 Å². The van der Waals surface area contributed by atoms with Gasteiger partial charge in [-0.2, -0.15) is 0 Å². The van der Waals surface area contributed by atoms with Gasteiger partial charge < -0.3 is 9.64 Å². The molecule has 18 heavy (non-hydrogen) atoms. The number of rotatable bonds is 4. The van der Waals surface area contributed by atoms with Crippen LogP contribution in [0, 0.1) is 11.3 Å². The van der Waals surface area contributed by atoms with Gasteiger partial charge in [-0.3, -0.25) is 0 Å². The Morgan fingerprint density at radius 2 is 2.00 bits per heavy atom. The Morgan fingerprint density at radius 1 is 1.28 bits per heavy atom. The second-order valence-electron chi connectivity index (χ2n) is 6.59. The molecule has 2 nitrogen and oxygen atoms in total. The Morgan fingerprint density at radius 3 is 2.61 bits per heavy atom. The fraction of sp³-hybridized carbons (Fsp3) is 1.00. The van der Waals surface area contributed by atoms with Crippen LogP contribution < -0.4 is 0 Å². The highest BCUT2D eigenvalue weighted by molar-refractivity contribution is 9.09. The lowest BCUT2D eigenvalue weighted by atomic mass is 9.80. The van der Waals surface area contributed by atoms with Crippen LogP contribution in [0.4, 0.5) is 0 Å². The number of alkyl halides is 1. The predicted molar refractivity (Wildman–Crippen MR) is 80.3 cm³/mol. The van der Waals surface area contributed by atoms with Gasteiger partial charge in [0.05, 0.1) is 0 Å². The largest absolute Gasteiger partial charge is 0.381 e. The first-order valence-corrected chi connectivity index (χ1v) is 8.61. The van der Waals surface area contributed by atoms with E-state index in [0.717, 1.165) is 30.5 Å². The van der Waals surface area contributed by atoms with Gasteiger partial charge in [-0.1, -0.05) is 35.7 Å². The van der Waals surface area contributed by atoms with Gasteiger partial charge in [0.15, 0.2) is 0 Å². The molecule has 2 atom stereocenters. The average Bonchev–Trinajstić information content (AvgIpc) is 2.40. The Bertz CT molecular complexity index is 253. The number of hydrogen-bond donors (Lipinski definition) is 0. The van der Waals surface area contributed by atoms with Crippen LogP contribution >= 0.6 is 15.9 Å². The second kappa shape index (κ2) is 6.71. The second-order valence-corrected chi connectivity index (χ2v) is 7.15. The SMILES string of the molecule is CC1CCCC(N(C)CC2(CBr)CCOCC2)C1. The summed E-state index contributed by atoms with van der Waals surface area (Å²) < 4.78 is 5.53. The molecule has 0 aromatic heterocycles. The lowest BCUT2D eigenvalue weighted by molar-refractivity contribution is 0.00133. The number of nitrogens with zero attached hydrogens (tertiary/aromatic N) is 1. The van der Waals surface area contributed by atoms with Gasteiger partial charge in [-0.05, 0) is 44.1 Å². The number of hydrogen-bond acceptors (Lipinski definition) is 2. The first-order chi connectivity index (χ1) is 8.65. The van der Waals surface area contributed by atoms with Crippen LogP contribution in [0.3, 0.4) is 0 Å². The molecule has 0 spiro atoms. The van der Waals surface area contributed by atoms with Crippen molar-refractivity contribution in [1.82, 2.24) is 4.90 Å². The van der Waals surface area contributed by atoms with Gasteiger partial charge in [0.2, 0.25) is 0 Å². The van der Waals surface area contributed by atoms with Crippen molar-refractivity contribution in [3.05, 3.63) is 0 Å². The Labute approximate surface area is 121 Å². The monoisotopic (exact) mass is 317 g/mol. The Hall–Kier alpha value is 0.400. The van der Waals surface area contributed by atoms with E-state index in [1.54, 1.807) is 0 Å². The molecule has 1 saturated heterocycles. The molecule has 0 N–H and O–H groups in total. The summed E-state index contributed by atoms with van der Waals surface area (Å²) in [5.74, 6) is 0.917. The third kappa shape index (κ3) is 3.71. The van der Waals surface area contributed by atoms with Crippen LogP contribution in [0.25, 0.3) is 0 Å². The van der Waals surface area contributed by atoms with Gasteiger partial charge in [0.1, 0.15) is 0 Å². The van der Waals surface area contributed by atoms with E-state index < -0.39 is 0 Å². The van der Waals surface area contributed by atoms with E-state index >= 15 is 0 Å². The first kappa shape index (κ1) is 14.8. The topological polar surface area (TPSA) is 12.5 Å². The molecule has 1 aliphatic heterocycles. The fourth-order valence-corrected chi connectivity index (χ4v) is 4.34. The van der Waals surface area contributed by atoms with Crippen LogP contribution in [0.2, 0.25) is 0 Å². The maximum atomic E-state index is 5.53. The minimum atomic E-state index is 0.452. The van der Waals surface area contributed by atoms with Gasteiger partial charge in [-0.15, -0.1) is 0 Å². The molecule has 2 aliphatic rings. The highest BCUT2D eigenvalue weighted by Crippen LogP contribution is 2.35. The molecule has 0 aromatic carbocycles. The molecule has 2 unspecified atom stereocenters. The number of ether oxygens (including phenoxy) is 1. The molecule has 1 saturated carbocycles. The van der Waals surface area contributed by atoms with Crippen molar-refractivity contribution in [2.75, 3.05) is 32.1 Å². The smallest absolute Gasteiger partial charge is 0.0472 e. The van der Waals surface area contributed by atoms with Crippen LogP contribution in [0.1, 0.15) is 45.4 Å². The summed E-state index contributed by atoms with van der Waals surface area (Å²) in [5, 5.41) is 1.12. The van der Waals surface area contributed by atoms with E-state index in [1.807, 2.05) is 0 Å². The molecule has 2 rings (SSSR count). The number of halogens is 1. The lowest BCUT2D eigenvalue weighted by Crippen LogP contribution is -2.46. The summed E-state index contributed by atoms with van der Waals surface area (Å²) in [6, 6.07) is 0.813. The zero-order chi connectivity index (χ0) is 13.0. The predicted octanol–water partition coefficient (Wildman–Crippen LogP) is 3.69. The summed E-state index contributed by atoms with van der Waals surface area (Å²) in [7, 11) is 2.34. The molecule has 2 fully saturated rings. The van der Waals surface area contributed by atoms with Crippen molar-refractivity contribution in [3.8, 4) is 0 Å². The molecule has 3 heteroatoms. The first-order valence-electron chi connectivity index (χ1n) is 7.49. The quantitative estimate of drug-likeness (QED) is 0.733. The third-order valence-corrected chi connectivity index (χ3v) is 6.14. The molecule has 1 heterocycles. The van der Waals surface area contributed by atoms with Crippen molar-refractivity contribution in [1.29, 1.82) is 0 Å². The molecule has 0 amide bonds. The van der Waals surface area contributed by atoms with E-state index in [9.17, 15) is 0 Å². The van der Waals surface area contributed by atoms with Crippen LogP contribution in [0.15, 0.2) is 0 Å². The van der Waals surface area contributed by atoms with Crippen LogP contribution in [0.5, 0.6) is 0 Å². The fourth-order valence-electron chi connectivity index (χ4n) is 3.60. The zero-order valence-corrected chi connectivity index (χ0v) is 13.5. The van der Waals surface area contributed by atoms with E-state index in [4.69, 9.17) is 4.74 Å².